The number of carbonyl (C=O) groups excluding carboxylic acids is 1. The average Bonchev–Trinajstić information content (AvgIpc) is 2.26. The Morgan fingerprint density at radius 3 is 2.53 bits per heavy atom. The van der Waals surface area contributed by atoms with E-state index in [2.05, 4.69) is 21.2 Å². The van der Waals surface area contributed by atoms with Gasteiger partial charge in [-0.2, -0.15) is 0 Å². The van der Waals surface area contributed by atoms with Crippen molar-refractivity contribution in [2.45, 2.75) is 6.92 Å². The first-order valence-electron chi connectivity index (χ1n) is 5.49. The highest BCUT2D eigenvalue weighted by atomic mass is 79.9. The lowest BCUT2D eigenvalue weighted by atomic mass is 10.0. The predicted octanol–water partition coefficient (Wildman–Crippen LogP) is 4.35. The minimum absolute atomic E-state index is 0.219. The van der Waals surface area contributed by atoms with Crippen molar-refractivity contribution in [3.8, 4) is 11.1 Å². The second-order valence-electron chi connectivity index (χ2n) is 4.03. The Bertz CT molecular complexity index is 643. The summed E-state index contributed by atoms with van der Waals surface area (Å²) in [6.07, 6.45) is 0. The molecular formula is C14H10BrF2NO. The Kier molecular flexibility index (Phi) is 3.95. The number of anilines is 1. The molecular weight excluding hydrogens is 316 g/mol. The number of carbonyl (C=O) groups is 1. The van der Waals surface area contributed by atoms with E-state index in [0.29, 0.717) is 15.7 Å². The number of hydrogen-bond donors (Lipinski definition) is 1. The molecule has 0 aliphatic rings. The quantitative estimate of drug-likeness (QED) is 0.873. The predicted molar refractivity (Wildman–Crippen MR) is 73.8 cm³/mol. The first-order valence-corrected chi connectivity index (χ1v) is 6.28. The molecule has 2 rings (SSSR count). The van der Waals surface area contributed by atoms with Crippen molar-refractivity contribution >= 4 is 27.5 Å². The van der Waals surface area contributed by atoms with E-state index in [1.54, 1.807) is 18.2 Å². The summed E-state index contributed by atoms with van der Waals surface area (Å²) in [6.45, 7) is 1.39. The van der Waals surface area contributed by atoms with E-state index >= 15 is 0 Å². The van der Waals surface area contributed by atoms with E-state index in [9.17, 15) is 13.6 Å². The van der Waals surface area contributed by atoms with Crippen LogP contribution in [0.25, 0.3) is 11.1 Å². The van der Waals surface area contributed by atoms with E-state index in [1.807, 2.05) is 0 Å². The fourth-order valence-electron chi connectivity index (χ4n) is 1.74. The van der Waals surface area contributed by atoms with Crippen molar-refractivity contribution in [3.63, 3.8) is 0 Å². The summed E-state index contributed by atoms with van der Waals surface area (Å²) in [6, 6.07) is 8.41. The van der Waals surface area contributed by atoms with Gasteiger partial charge in [-0.15, -0.1) is 0 Å². The molecule has 0 atom stereocenters. The Labute approximate surface area is 117 Å². The van der Waals surface area contributed by atoms with Crippen LogP contribution in [0, 0.1) is 11.6 Å². The largest absolute Gasteiger partial charge is 0.326 e. The van der Waals surface area contributed by atoms with Gasteiger partial charge in [0.2, 0.25) is 5.91 Å². The fourth-order valence-corrected chi connectivity index (χ4v) is 2.24. The molecule has 2 aromatic rings. The third-order valence-corrected chi connectivity index (χ3v) is 2.92. The first kappa shape index (κ1) is 13.7. The number of nitrogens with one attached hydrogen (secondary N) is 1. The summed E-state index contributed by atoms with van der Waals surface area (Å²) >= 11 is 3.29. The van der Waals surface area contributed by atoms with E-state index in [1.165, 1.54) is 19.1 Å². The zero-order chi connectivity index (χ0) is 14.0. The molecule has 0 aromatic heterocycles. The standard InChI is InChI=1S/C14H10BrF2NO/c1-8(19)18-12-5-9(4-10(15)6-12)13-3-2-11(16)7-14(13)17/h2-7H,1H3,(H,18,19). The summed E-state index contributed by atoms with van der Waals surface area (Å²) in [5.74, 6) is -1.49. The highest BCUT2D eigenvalue weighted by Crippen LogP contribution is 2.29. The molecule has 0 aliphatic heterocycles. The summed E-state index contributed by atoms with van der Waals surface area (Å²) in [4.78, 5) is 11.0. The maximum Gasteiger partial charge on any atom is 0.221 e. The monoisotopic (exact) mass is 325 g/mol. The number of benzene rings is 2. The third-order valence-electron chi connectivity index (χ3n) is 2.46. The van der Waals surface area contributed by atoms with Crippen molar-refractivity contribution in [2.24, 2.45) is 0 Å². The first-order chi connectivity index (χ1) is 8.95. The number of amides is 1. The molecule has 98 valence electrons. The van der Waals surface area contributed by atoms with Gasteiger partial charge in [0, 0.05) is 28.7 Å². The molecule has 0 fully saturated rings. The van der Waals surface area contributed by atoms with E-state index in [4.69, 9.17) is 0 Å². The molecule has 1 N–H and O–H groups in total. The van der Waals surface area contributed by atoms with Crippen LogP contribution in [-0.4, -0.2) is 5.91 Å². The Hall–Kier alpha value is -1.75. The van der Waals surface area contributed by atoms with Crippen LogP contribution < -0.4 is 5.32 Å². The molecule has 1 amide bonds. The molecule has 0 aliphatic carbocycles. The van der Waals surface area contributed by atoms with Gasteiger partial charge in [0.15, 0.2) is 0 Å². The smallest absolute Gasteiger partial charge is 0.221 e. The van der Waals surface area contributed by atoms with Crippen LogP contribution in [0.15, 0.2) is 40.9 Å². The van der Waals surface area contributed by atoms with Crippen LogP contribution in [-0.2, 0) is 4.79 Å². The normalized spacial score (nSPS) is 10.3. The molecule has 2 nitrogen and oxygen atoms in total. The topological polar surface area (TPSA) is 29.1 Å². The van der Waals surface area contributed by atoms with Gasteiger partial charge >= 0.3 is 0 Å². The summed E-state index contributed by atoms with van der Waals surface area (Å²) in [5.41, 5.74) is 1.37. The number of hydrogen-bond acceptors (Lipinski definition) is 1. The van der Waals surface area contributed by atoms with E-state index in [-0.39, 0.29) is 11.5 Å². The van der Waals surface area contributed by atoms with Crippen molar-refractivity contribution < 1.29 is 13.6 Å². The Morgan fingerprint density at radius 1 is 1.16 bits per heavy atom. The van der Waals surface area contributed by atoms with Gasteiger partial charge in [0.1, 0.15) is 11.6 Å². The zero-order valence-electron chi connectivity index (χ0n) is 10.0. The van der Waals surface area contributed by atoms with E-state index < -0.39 is 11.6 Å². The van der Waals surface area contributed by atoms with Crippen molar-refractivity contribution in [2.75, 3.05) is 5.32 Å². The molecule has 0 saturated carbocycles. The van der Waals surface area contributed by atoms with E-state index in [0.717, 1.165) is 6.07 Å². The lowest BCUT2D eigenvalue weighted by molar-refractivity contribution is -0.114. The summed E-state index contributed by atoms with van der Waals surface area (Å²) < 4.78 is 27.3. The molecule has 0 spiro atoms. The second kappa shape index (κ2) is 5.48. The maximum absolute atomic E-state index is 13.7. The van der Waals surface area contributed by atoms with Crippen molar-refractivity contribution in [3.05, 3.63) is 52.5 Å². The zero-order valence-corrected chi connectivity index (χ0v) is 11.6. The highest BCUT2D eigenvalue weighted by molar-refractivity contribution is 9.10. The summed E-state index contributed by atoms with van der Waals surface area (Å²) in [5, 5.41) is 2.62. The molecule has 0 unspecified atom stereocenters. The SMILES string of the molecule is CC(=O)Nc1cc(Br)cc(-c2ccc(F)cc2F)c1. The Balaban J connectivity index is 2.49. The number of rotatable bonds is 2. The van der Waals surface area contributed by atoms with Crippen LogP contribution >= 0.6 is 15.9 Å². The Morgan fingerprint density at radius 2 is 1.89 bits per heavy atom. The minimum atomic E-state index is -0.646. The molecule has 19 heavy (non-hydrogen) atoms. The average molecular weight is 326 g/mol. The molecule has 0 saturated heterocycles. The van der Waals surface area contributed by atoms with Gasteiger partial charge in [-0.05, 0) is 35.9 Å². The van der Waals surface area contributed by atoms with Gasteiger partial charge in [-0.25, -0.2) is 8.78 Å². The van der Waals surface area contributed by atoms with Gasteiger partial charge in [0.05, 0.1) is 0 Å². The van der Waals surface area contributed by atoms with Crippen LogP contribution in [0.2, 0.25) is 0 Å². The van der Waals surface area contributed by atoms with Crippen LogP contribution in [0.4, 0.5) is 14.5 Å². The van der Waals surface area contributed by atoms with Crippen LogP contribution in [0.1, 0.15) is 6.92 Å². The number of halogens is 3. The van der Waals surface area contributed by atoms with Gasteiger partial charge in [-0.3, -0.25) is 4.79 Å². The highest BCUT2D eigenvalue weighted by Gasteiger charge is 2.09. The van der Waals surface area contributed by atoms with Gasteiger partial charge in [0.25, 0.3) is 0 Å². The van der Waals surface area contributed by atoms with Crippen LogP contribution in [0.3, 0.4) is 0 Å². The lowest BCUT2D eigenvalue weighted by Gasteiger charge is -2.08. The van der Waals surface area contributed by atoms with Crippen molar-refractivity contribution in [1.82, 2.24) is 0 Å². The summed E-state index contributed by atoms with van der Waals surface area (Å²) in [7, 11) is 0. The fraction of sp³-hybridized carbons (Fsp3) is 0.0714. The van der Waals surface area contributed by atoms with Crippen LogP contribution in [0.5, 0.6) is 0 Å². The maximum atomic E-state index is 13.7. The molecule has 2 aromatic carbocycles. The van der Waals surface area contributed by atoms with Gasteiger partial charge < -0.3 is 5.32 Å². The van der Waals surface area contributed by atoms with Crippen molar-refractivity contribution in [1.29, 1.82) is 0 Å². The second-order valence-corrected chi connectivity index (χ2v) is 4.95. The lowest BCUT2D eigenvalue weighted by Crippen LogP contribution is -2.05. The molecule has 0 radical (unpaired) electrons. The molecule has 0 heterocycles. The molecule has 0 bridgehead atoms. The van der Waals surface area contributed by atoms with Gasteiger partial charge in [-0.1, -0.05) is 15.9 Å². The third kappa shape index (κ3) is 3.38. The molecule has 5 heteroatoms. The minimum Gasteiger partial charge on any atom is -0.326 e.